The molecular weight excluding hydrogens is 198 g/mol. The van der Waals surface area contributed by atoms with Gasteiger partial charge in [-0.25, -0.2) is 0 Å². The number of hydrogen-bond donors (Lipinski definition) is 3. The summed E-state index contributed by atoms with van der Waals surface area (Å²) in [6.07, 6.45) is 2.38. The molecule has 1 fully saturated rings. The van der Waals surface area contributed by atoms with E-state index in [-0.39, 0.29) is 0 Å². The van der Waals surface area contributed by atoms with Gasteiger partial charge in [0.2, 0.25) is 0 Å². The number of hydrogen-bond acceptors (Lipinski definition) is 3. The van der Waals surface area contributed by atoms with E-state index in [4.69, 9.17) is 5.73 Å². The Kier molecular flexibility index (Phi) is 3.34. The Hall–Kier alpha value is -1.22. The third-order valence-electron chi connectivity index (χ3n) is 3.40. The molecule has 0 atom stereocenters. The summed E-state index contributed by atoms with van der Waals surface area (Å²) in [4.78, 5) is 0. The lowest BCUT2D eigenvalue weighted by atomic mass is 10.0. The Balaban J connectivity index is 2.16. The van der Waals surface area contributed by atoms with Crippen LogP contribution in [0.15, 0.2) is 12.1 Å². The second-order valence-electron chi connectivity index (χ2n) is 4.64. The molecule has 3 heteroatoms. The smallest absolute Gasteiger partial charge is 0.0422 e. The molecule has 88 valence electrons. The highest BCUT2D eigenvalue weighted by Crippen LogP contribution is 2.26. The fourth-order valence-corrected chi connectivity index (χ4v) is 2.26. The summed E-state index contributed by atoms with van der Waals surface area (Å²) in [5.41, 5.74) is 10.5. The maximum Gasteiger partial charge on any atom is 0.0422 e. The molecule has 1 aliphatic rings. The Labute approximate surface area is 97.4 Å². The maximum atomic E-state index is 5.94. The first kappa shape index (κ1) is 11.3. The summed E-state index contributed by atoms with van der Waals surface area (Å²) in [7, 11) is 0. The molecule has 0 unspecified atom stereocenters. The Morgan fingerprint density at radius 2 is 1.94 bits per heavy atom. The lowest BCUT2D eigenvalue weighted by Gasteiger charge is -2.26. The molecule has 1 aromatic carbocycles. The van der Waals surface area contributed by atoms with Crippen LogP contribution >= 0.6 is 0 Å². The molecule has 0 aromatic heterocycles. The van der Waals surface area contributed by atoms with Gasteiger partial charge in [0.05, 0.1) is 0 Å². The normalized spacial score (nSPS) is 17.4. The number of anilines is 2. The summed E-state index contributed by atoms with van der Waals surface area (Å²) in [6, 6.07) is 4.66. The van der Waals surface area contributed by atoms with Crippen LogP contribution in [0.5, 0.6) is 0 Å². The average molecular weight is 219 g/mol. The van der Waals surface area contributed by atoms with Crippen LogP contribution in [0.25, 0.3) is 0 Å². The minimum absolute atomic E-state index is 0.584. The van der Waals surface area contributed by atoms with Crippen LogP contribution in [-0.4, -0.2) is 19.1 Å². The molecule has 4 N–H and O–H groups in total. The topological polar surface area (TPSA) is 50.1 Å². The first-order valence-corrected chi connectivity index (χ1v) is 6.01. The van der Waals surface area contributed by atoms with Crippen molar-refractivity contribution in [1.82, 2.24) is 5.32 Å². The van der Waals surface area contributed by atoms with E-state index < -0.39 is 0 Å². The first-order chi connectivity index (χ1) is 7.68. The molecule has 0 radical (unpaired) electrons. The summed E-state index contributed by atoms with van der Waals surface area (Å²) in [5, 5.41) is 7.01. The van der Waals surface area contributed by atoms with Gasteiger partial charge in [0.15, 0.2) is 0 Å². The minimum Gasteiger partial charge on any atom is -0.398 e. The molecule has 1 aromatic rings. The third kappa shape index (κ3) is 2.30. The SMILES string of the molecule is Cc1ccc(N)c(C)c1NC1CCNCC1. The van der Waals surface area contributed by atoms with E-state index in [0.717, 1.165) is 18.8 Å². The number of piperidine rings is 1. The van der Waals surface area contributed by atoms with Crippen molar-refractivity contribution in [3.63, 3.8) is 0 Å². The van der Waals surface area contributed by atoms with Crippen molar-refractivity contribution in [2.24, 2.45) is 0 Å². The summed E-state index contributed by atoms with van der Waals surface area (Å²) >= 11 is 0. The van der Waals surface area contributed by atoms with Crippen molar-refractivity contribution in [1.29, 1.82) is 0 Å². The van der Waals surface area contributed by atoms with Crippen LogP contribution < -0.4 is 16.4 Å². The quantitative estimate of drug-likeness (QED) is 0.667. The highest BCUT2D eigenvalue weighted by Gasteiger charge is 2.15. The highest BCUT2D eigenvalue weighted by molar-refractivity contribution is 5.67. The standard InChI is InChI=1S/C13H21N3/c1-9-3-4-12(14)10(2)13(9)16-11-5-7-15-8-6-11/h3-4,11,15-16H,5-8,14H2,1-2H3. The van der Waals surface area contributed by atoms with Gasteiger partial charge in [0, 0.05) is 17.4 Å². The minimum atomic E-state index is 0.584. The first-order valence-electron chi connectivity index (χ1n) is 6.01. The van der Waals surface area contributed by atoms with Gasteiger partial charge in [-0.2, -0.15) is 0 Å². The molecule has 16 heavy (non-hydrogen) atoms. The fraction of sp³-hybridized carbons (Fsp3) is 0.538. The largest absolute Gasteiger partial charge is 0.398 e. The zero-order valence-corrected chi connectivity index (χ0v) is 10.1. The van der Waals surface area contributed by atoms with Crippen molar-refractivity contribution >= 4 is 11.4 Å². The molecule has 1 saturated heterocycles. The highest BCUT2D eigenvalue weighted by atomic mass is 15.0. The van der Waals surface area contributed by atoms with Gasteiger partial charge in [-0.1, -0.05) is 6.07 Å². The molecule has 0 bridgehead atoms. The number of nitrogens with two attached hydrogens (primary N) is 1. The number of benzene rings is 1. The molecular formula is C13H21N3. The monoisotopic (exact) mass is 219 g/mol. The maximum absolute atomic E-state index is 5.94. The van der Waals surface area contributed by atoms with Gasteiger partial charge in [0.25, 0.3) is 0 Å². The number of nitrogens with one attached hydrogen (secondary N) is 2. The van der Waals surface area contributed by atoms with Crippen molar-refractivity contribution in [2.45, 2.75) is 32.7 Å². The van der Waals surface area contributed by atoms with Gasteiger partial charge in [-0.05, 0) is 57.0 Å². The third-order valence-corrected chi connectivity index (χ3v) is 3.40. The Morgan fingerprint density at radius 3 is 2.62 bits per heavy atom. The van der Waals surface area contributed by atoms with Crippen molar-refractivity contribution in [3.05, 3.63) is 23.3 Å². The lowest BCUT2D eigenvalue weighted by Crippen LogP contribution is -2.35. The lowest BCUT2D eigenvalue weighted by molar-refractivity contribution is 0.479. The Bertz CT molecular complexity index is 368. The summed E-state index contributed by atoms with van der Waals surface area (Å²) < 4.78 is 0. The average Bonchev–Trinajstić information content (AvgIpc) is 2.31. The van der Waals surface area contributed by atoms with E-state index in [2.05, 4.69) is 30.5 Å². The van der Waals surface area contributed by atoms with Crippen molar-refractivity contribution < 1.29 is 0 Å². The van der Waals surface area contributed by atoms with Crippen LogP contribution in [-0.2, 0) is 0 Å². The second kappa shape index (κ2) is 4.74. The van der Waals surface area contributed by atoms with E-state index in [1.54, 1.807) is 0 Å². The number of rotatable bonds is 2. The van der Waals surface area contributed by atoms with E-state index in [9.17, 15) is 0 Å². The molecule has 1 aliphatic heterocycles. The van der Waals surface area contributed by atoms with Crippen LogP contribution in [0.1, 0.15) is 24.0 Å². The van der Waals surface area contributed by atoms with E-state index in [1.807, 2.05) is 6.07 Å². The van der Waals surface area contributed by atoms with E-state index in [0.29, 0.717) is 6.04 Å². The molecule has 3 nitrogen and oxygen atoms in total. The van der Waals surface area contributed by atoms with Crippen LogP contribution in [0.4, 0.5) is 11.4 Å². The van der Waals surface area contributed by atoms with E-state index in [1.165, 1.54) is 29.7 Å². The zero-order valence-electron chi connectivity index (χ0n) is 10.1. The van der Waals surface area contributed by atoms with Crippen LogP contribution in [0, 0.1) is 13.8 Å². The zero-order chi connectivity index (χ0) is 11.5. The summed E-state index contributed by atoms with van der Waals surface area (Å²) in [6.45, 7) is 6.44. The summed E-state index contributed by atoms with van der Waals surface area (Å²) in [5.74, 6) is 0. The van der Waals surface area contributed by atoms with Crippen molar-refractivity contribution in [3.8, 4) is 0 Å². The van der Waals surface area contributed by atoms with Gasteiger partial charge in [0.1, 0.15) is 0 Å². The molecule has 0 spiro atoms. The van der Waals surface area contributed by atoms with Crippen molar-refractivity contribution in [2.75, 3.05) is 24.1 Å². The van der Waals surface area contributed by atoms with Gasteiger partial charge in [-0.15, -0.1) is 0 Å². The van der Waals surface area contributed by atoms with Crippen LogP contribution in [0.3, 0.4) is 0 Å². The number of nitrogen functional groups attached to an aromatic ring is 1. The molecule has 0 saturated carbocycles. The molecule has 1 heterocycles. The molecule has 0 amide bonds. The van der Waals surface area contributed by atoms with Gasteiger partial charge >= 0.3 is 0 Å². The molecule has 2 rings (SSSR count). The second-order valence-corrected chi connectivity index (χ2v) is 4.64. The van der Waals surface area contributed by atoms with Crippen LogP contribution in [0.2, 0.25) is 0 Å². The predicted octanol–water partition coefficient (Wildman–Crippen LogP) is 2.05. The Morgan fingerprint density at radius 1 is 1.25 bits per heavy atom. The van der Waals surface area contributed by atoms with E-state index >= 15 is 0 Å². The fourth-order valence-electron chi connectivity index (χ4n) is 2.26. The van der Waals surface area contributed by atoms with Gasteiger partial charge in [-0.3, -0.25) is 0 Å². The number of aryl methyl sites for hydroxylation is 1. The molecule has 0 aliphatic carbocycles. The predicted molar refractivity (Wildman–Crippen MR) is 69.8 cm³/mol. The van der Waals surface area contributed by atoms with Gasteiger partial charge < -0.3 is 16.4 Å².